The number of likely N-dealkylation sites (tertiary alicyclic amines) is 1. The molecule has 0 N–H and O–H groups in total. The number of carbonyl (C=O) groups excluding carboxylic acids is 1. The fraction of sp³-hybridized carbons (Fsp3) is 0.462. The molecule has 1 aromatic carbocycles. The number of esters is 1. The monoisotopic (exact) mass is 273 g/mol. The molecule has 3 nitrogen and oxygen atoms in total. The van der Waals surface area contributed by atoms with Gasteiger partial charge in [-0.3, -0.25) is 9.69 Å². The first-order chi connectivity index (χ1) is 8.94. The molecule has 0 atom stereocenters. The first-order valence-electron chi connectivity index (χ1n) is 5.94. The molecule has 1 fully saturated rings. The molecule has 0 saturated carbocycles. The number of hydrogen-bond donors (Lipinski definition) is 0. The lowest BCUT2D eigenvalue weighted by atomic mass is 10.0. The van der Waals surface area contributed by atoms with Crippen LogP contribution in [-0.2, 0) is 16.1 Å². The van der Waals surface area contributed by atoms with Crippen LogP contribution in [0.15, 0.2) is 30.3 Å². The molecule has 19 heavy (non-hydrogen) atoms. The highest BCUT2D eigenvalue weighted by Gasteiger charge is 2.40. The molecule has 0 unspecified atom stereocenters. The maximum absolute atomic E-state index is 12.1. The van der Waals surface area contributed by atoms with Crippen molar-refractivity contribution in [3.05, 3.63) is 35.9 Å². The minimum Gasteiger partial charge on any atom is -0.461 e. The Balaban J connectivity index is 1.69. The van der Waals surface area contributed by atoms with Gasteiger partial charge in [0, 0.05) is 13.1 Å². The van der Waals surface area contributed by atoms with Crippen molar-refractivity contribution in [2.75, 3.05) is 19.6 Å². The Morgan fingerprint density at radius 1 is 1.26 bits per heavy atom. The van der Waals surface area contributed by atoms with E-state index in [2.05, 4.69) is 0 Å². The second-order valence-corrected chi connectivity index (χ2v) is 4.60. The minimum atomic E-state index is -4.21. The highest BCUT2D eigenvalue weighted by molar-refractivity contribution is 5.74. The number of hydrogen-bond acceptors (Lipinski definition) is 3. The van der Waals surface area contributed by atoms with Crippen molar-refractivity contribution in [1.82, 2.24) is 4.90 Å². The Morgan fingerprint density at radius 2 is 1.89 bits per heavy atom. The van der Waals surface area contributed by atoms with E-state index in [0.29, 0.717) is 0 Å². The summed E-state index contributed by atoms with van der Waals surface area (Å²) in [6.07, 6.45) is -4.21. The van der Waals surface area contributed by atoms with Gasteiger partial charge in [-0.15, -0.1) is 0 Å². The predicted octanol–water partition coefficient (Wildman–Crippen LogP) is 2.22. The standard InChI is InChI=1S/C13H14F3NO2/c14-13(15,16)9-17-6-11(7-17)12(18)19-8-10-4-2-1-3-5-10/h1-5,11H,6-9H2. The number of halogens is 3. The maximum atomic E-state index is 12.1. The molecule has 6 heteroatoms. The van der Waals surface area contributed by atoms with Crippen molar-refractivity contribution in [3.8, 4) is 0 Å². The molecule has 104 valence electrons. The third kappa shape index (κ3) is 4.24. The molecular weight excluding hydrogens is 259 g/mol. The van der Waals surface area contributed by atoms with Crippen LogP contribution in [0, 0.1) is 5.92 Å². The second kappa shape index (κ2) is 5.61. The topological polar surface area (TPSA) is 29.5 Å². The first-order valence-corrected chi connectivity index (χ1v) is 5.94. The van der Waals surface area contributed by atoms with Gasteiger partial charge in [0.2, 0.25) is 0 Å². The normalized spacial score (nSPS) is 17.0. The third-order valence-corrected chi connectivity index (χ3v) is 2.92. The van der Waals surface area contributed by atoms with Gasteiger partial charge in [-0.25, -0.2) is 0 Å². The van der Waals surface area contributed by atoms with E-state index in [9.17, 15) is 18.0 Å². The first kappa shape index (κ1) is 13.9. The van der Waals surface area contributed by atoms with Crippen LogP contribution in [0.1, 0.15) is 5.56 Å². The van der Waals surface area contributed by atoms with Crippen LogP contribution < -0.4 is 0 Å². The largest absolute Gasteiger partial charge is 0.461 e. The van der Waals surface area contributed by atoms with Gasteiger partial charge in [0.15, 0.2) is 0 Å². The number of rotatable bonds is 4. The summed E-state index contributed by atoms with van der Waals surface area (Å²) in [5.74, 6) is -0.867. The molecule has 0 bridgehead atoms. The van der Waals surface area contributed by atoms with Crippen molar-refractivity contribution in [3.63, 3.8) is 0 Å². The number of carbonyl (C=O) groups is 1. The molecule has 1 aromatic rings. The summed E-state index contributed by atoms with van der Waals surface area (Å²) in [7, 11) is 0. The van der Waals surface area contributed by atoms with E-state index in [1.807, 2.05) is 30.3 Å². The van der Waals surface area contributed by atoms with Crippen LogP contribution >= 0.6 is 0 Å². The molecule has 0 amide bonds. The zero-order valence-electron chi connectivity index (χ0n) is 10.2. The second-order valence-electron chi connectivity index (χ2n) is 4.60. The van der Waals surface area contributed by atoms with Gasteiger partial charge < -0.3 is 4.74 Å². The smallest absolute Gasteiger partial charge is 0.401 e. The summed E-state index contributed by atoms with van der Waals surface area (Å²) >= 11 is 0. The Labute approximate surface area is 109 Å². The Morgan fingerprint density at radius 3 is 2.47 bits per heavy atom. The zero-order chi connectivity index (χ0) is 13.9. The predicted molar refractivity (Wildman–Crippen MR) is 62.2 cm³/mol. The SMILES string of the molecule is O=C(OCc1ccccc1)C1CN(CC(F)(F)F)C1. The summed E-state index contributed by atoms with van der Waals surface area (Å²) in [6, 6.07) is 9.16. The molecular formula is C13H14F3NO2. The lowest BCUT2D eigenvalue weighted by Gasteiger charge is -2.37. The quantitative estimate of drug-likeness (QED) is 0.788. The Bertz CT molecular complexity index is 427. The zero-order valence-corrected chi connectivity index (χ0v) is 10.2. The average Bonchev–Trinajstić information content (AvgIpc) is 2.30. The maximum Gasteiger partial charge on any atom is 0.401 e. The van der Waals surface area contributed by atoms with Crippen molar-refractivity contribution in [2.45, 2.75) is 12.8 Å². The van der Waals surface area contributed by atoms with E-state index in [4.69, 9.17) is 4.74 Å². The molecule has 1 heterocycles. The molecule has 0 aliphatic carbocycles. The molecule has 0 spiro atoms. The molecule has 1 aliphatic rings. The van der Waals surface area contributed by atoms with Gasteiger partial charge in [-0.1, -0.05) is 30.3 Å². The third-order valence-electron chi connectivity index (χ3n) is 2.92. The van der Waals surface area contributed by atoms with Crippen LogP contribution in [-0.4, -0.2) is 36.7 Å². The van der Waals surface area contributed by atoms with E-state index in [-0.39, 0.29) is 19.7 Å². The minimum absolute atomic E-state index is 0.118. The highest BCUT2D eigenvalue weighted by Crippen LogP contribution is 2.24. The lowest BCUT2D eigenvalue weighted by molar-refractivity contribution is -0.173. The fourth-order valence-corrected chi connectivity index (χ4v) is 1.95. The van der Waals surface area contributed by atoms with E-state index in [1.165, 1.54) is 4.90 Å². The summed E-state index contributed by atoms with van der Waals surface area (Å²) in [5, 5.41) is 0. The van der Waals surface area contributed by atoms with Gasteiger partial charge >= 0.3 is 12.1 Å². The van der Waals surface area contributed by atoms with Crippen molar-refractivity contribution in [1.29, 1.82) is 0 Å². The van der Waals surface area contributed by atoms with Crippen LogP contribution in [0.3, 0.4) is 0 Å². The van der Waals surface area contributed by atoms with Gasteiger partial charge in [0.1, 0.15) is 6.61 Å². The number of alkyl halides is 3. The Hall–Kier alpha value is -1.56. The lowest BCUT2D eigenvalue weighted by Crippen LogP contribution is -2.53. The van der Waals surface area contributed by atoms with E-state index in [1.54, 1.807) is 0 Å². The van der Waals surface area contributed by atoms with Gasteiger partial charge in [-0.05, 0) is 5.56 Å². The summed E-state index contributed by atoms with van der Waals surface area (Å²) < 4.78 is 41.3. The van der Waals surface area contributed by atoms with Crippen LogP contribution in [0.2, 0.25) is 0 Å². The van der Waals surface area contributed by atoms with Crippen molar-refractivity contribution in [2.24, 2.45) is 5.92 Å². The van der Waals surface area contributed by atoms with Crippen LogP contribution in [0.5, 0.6) is 0 Å². The van der Waals surface area contributed by atoms with Crippen LogP contribution in [0.4, 0.5) is 13.2 Å². The number of nitrogens with zero attached hydrogens (tertiary/aromatic N) is 1. The van der Waals surface area contributed by atoms with Crippen LogP contribution in [0.25, 0.3) is 0 Å². The Kier molecular flexibility index (Phi) is 4.09. The molecule has 0 aromatic heterocycles. The number of ether oxygens (including phenoxy) is 1. The molecule has 1 saturated heterocycles. The van der Waals surface area contributed by atoms with Crippen molar-refractivity contribution >= 4 is 5.97 Å². The van der Waals surface area contributed by atoms with E-state index < -0.39 is 24.6 Å². The van der Waals surface area contributed by atoms with E-state index >= 15 is 0 Å². The summed E-state index contributed by atoms with van der Waals surface area (Å²) in [6.45, 7) is -0.564. The van der Waals surface area contributed by atoms with E-state index in [0.717, 1.165) is 5.56 Å². The van der Waals surface area contributed by atoms with Crippen molar-refractivity contribution < 1.29 is 22.7 Å². The number of benzene rings is 1. The fourth-order valence-electron chi connectivity index (χ4n) is 1.95. The van der Waals surface area contributed by atoms with Gasteiger partial charge in [0.25, 0.3) is 0 Å². The molecule has 1 aliphatic heterocycles. The molecule has 2 rings (SSSR count). The van der Waals surface area contributed by atoms with Gasteiger partial charge in [-0.2, -0.15) is 13.2 Å². The molecule has 0 radical (unpaired) electrons. The van der Waals surface area contributed by atoms with Gasteiger partial charge in [0.05, 0.1) is 12.5 Å². The summed E-state index contributed by atoms with van der Waals surface area (Å²) in [5.41, 5.74) is 0.863. The highest BCUT2D eigenvalue weighted by atomic mass is 19.4. The average molecular weight is 273 g/mol. The summed E-state index contributed by atoms with van der Waals surface area (Å²) in [4.78, 5) is 12.8.